The largest absolute Gasteiger partial charge is 0.362 e. The van der Waals surface area contributed by atoms with Crippen molar-refractivity contribution in [1.82, 2.24) is 4.98 Å². The third-order valence-corrected chi connectivity index (χ3v) is 4.54. The Balaban J connectivity index is 2.11. The lowest BCUT2D eigenvalue weighted by atomic mass is 9.98. The van der Waals surface area contributed by atoms with Gasteiger partial charge in [-0.3, -0.25) is 0 Å². The van der Waals surface area contributed by atoms with Gasteiger partial charge in [0.15, 0.2) is 0 Å². The normalized spacial score (nSPS) is 18.6. The van der Waals surface area contributed by atoms with Crippen LogP contribution in [0, 0.1) is 0 Å². The molecule has 1 fully saturated rings. The minimum absolute atomic E-state index is 0.189. The van der Waals surface area contributed by atoms with E-state index in [1.165, 1.54) is 48.8 Å². The average Bonchev–Trinajstić information content (AvgIpc) is 2.55. The highest BCUT2D eigenvalue weighted by molar-refractivity contribution is 7.15. The third-order valence-electron chi connectivity index (χ3n) is 3.05. The average molecular weight is 238 g/mol. The van der Waals surface area contributed by atoms with Gasteiger partial charge in [-0.1, -0.05) is 33.6 Å². The van der Waals surface area contributed by atoms with Crippen LogP contribution < -0.4 is 4.90 Å². The van der Waals surface area contributed by atoms with Crippen LogP contribution in [-0.2, 0) is 5.41 Å². The molecule has 0 atom stereocenters. The van der Waals surface area contributed by atoms with Crippen LogP contribution in [0.15, 0.2) is 6.20 Å². The molecule has 0 spiro atoms. The van der Waals surface area contributed by atoms with E-state index in [2.05, 4.69) is 36.9 Å². The number of aromatic nitrogens is 1. The van der Waals surface area contributed by atoms with Gasteiger partial charge >= 0.3 is 0 Å². The van der Waals surface area contributed by atoms with Crippen LogP contribution in [0.5, 0.6) is 0 Å². The minimum atomic E-state index is 0.189. The van der Waals surface area contributed by atoms with Crippen molar-refractivity contribution < 1.29 is 0 Å². The van der Waals surface area contributed by atoms with E-state index in [4.69, 9.17) is 0 Å². The molecule has 1 aliphatic heterocycles. The summed E-state index contributed by atoms with van der Waals surface area (Å²) in [6.45, 7) is 9.13. The maximum Gasteiger partial charge on any atom is 0.111 e. The predicted molar refractivity (Wildman–Crippen MR) is 71.5 cm³/mol. The van der Waals surface area contributed by atoms with Crippen molar-refractivity contribution in [3.63, 3.8) is 0 Å². The van der Waals surface area contributed by atoms with E-state index in [9.17, 15) is 0 Å². The number of anilines is 1. The van der Waals surface area contributed by atoms with Crippen LogP contribution >= 0.6 is 11.3 Å². The molecule has 2 rings (SSSR count). The Bertz CT molecular complexity index is 330. The summed E-state index contributed by atoms with van der Waals surface area (Å²) in [7, 11) is 0. The topological polar surface area (TPSA) is 16.1 Å². The van der Waals surface area contributed by atoms with Gasteiger partial charge in [-0.15, -0.1) is 11.3 Å². The first-order valence-electron chi connectivity index (χ1n) is 6.28. The molecule has 0 unspecified atom stereocenters. The molecule has 3 heteroatoms. The Labute approximate surface area is 103 Å². The molecule has 0 saturated carbocycles. The fourth-order valence-corrected chi connectivity index (χ4v) is 3.08. The first kappa shape index (κ1) is 11.9. The van der Waals surface area contributed by atoms with Gasteiger partial charge in [0.2, 0.25) is 0 Å². The van der Waals surface area contributed by atoms with Crippen molar-refractivity contribution in [1.29, 1.82) is 0 Å². The molecular weight excluding hydrogens is 216 g/mol. The van der Waals surface area contributed by atoms with Gasteiger partial charge in [0, 0.05) is 18.5 Å². The van der Waals surface area contributed by atoms with Crippen LogP contribution in [0.25, 0.3) is 0 Å². The molecule has 1 aromatic heterocycles. The summed E-state index contributed by atoms with van der Waals surface area (Å²) in [4.78, 5) is 7.08. The SMILES string of the molecule is CC(C)(C)c1ncc(N2CCCCCC2)s1. The summed E-state index contributed by atoms with van der Waals surface area (Å²) in [6.07, 6.45) is 7.52. The molecule has 0 radical (unpaired) electrons. The second-order valence-corrected chi connectivity index (χ2v) is 6.66. The Morgan fingerprint density at radius 3 is 2.25 bits per heavy atom. The van der Waals surface area contributed by atoms with Gasteiger partial charge in [0.25, 0.3) is 0 Å². The zero-order valence-corrected chi connectivity index (χ0v) is 11.4. The summed E-state index contributed by atoms with van der Waals surface area (Å²) >= 11 is 1.87. The van der Waals surface area contributed by atoms with Crippen molar-refractivity contribution in [3.8, 4) is 0 Å². The predicted octanol–water partition coefficient (Wildman–Crippen LogP) is 3.82. The van der Waals surface area contributed by atoms with E-state index in [1.807, 2.05) is 11.3 Å². The zero-order chi connectivity index (χ0) is 11.6. The van der Waals surface area contributed by atoms with E-state index < -0.39 is 0 Å². The Morgan fingerprint density at radius 2 is 1.75 bits per heavy atom. The van der Waals surface area contributed by atoms with E-state index >= 15 is 0 Å². The number of hydrogen-bond acceptors (Lipinski definition) is 3. The van der Waals surface area contributed by atoms with Crippen molar-refractivity contribution in [3.05, 3.63) is 11.2 Å². The van der Waals surface area contributed by atoms with Crippen LogP contribution in [0.2, 0.25) is 0 Å². The maximum atomic E-state index is 4.57. The van der Waals surface area contributed by atoms with Gasteiger partial charge in [0.05, 0.1) is 11.2 Å². The lowest BCUT2D eigenvalue weighted by Gasteiger charge is -2.20. The summed E-state index contributed by atoms with van der Waals surface area (Å²) in [5, 5.41) is 2.62. The van der Waals surface area contributed by atoms with Gasteiger partial charge in [-0.05, 0) is 12.8 Å². The highest BCUT2D eigenvalue weighted by Crippen LogP contribution is 2.32. The summed E-state index contributed by atoms with van der Waals surface area (Å²) in [6, 6.07) is 0. The van der Waals surface area contributed by atoms with Crippen molar-refractivity contribution in [2.45, 2.75) is 51.9 Å². The van der Waals surface area contributed by atoms with Crippen molar-refractivity contribution >= 4 is 16.3 Å². The molecule has 1 saturated heterocycles. The summed E-state index contributed by atoms with van der Waals surface area (Å²) in [5.41, 5.74) is 0.189. The molecule has 16 heavy (non-hydrogen) atoms. The molecule has 1 aliphatic rings. The molecule has 0 amide bonds. The van der Waals surface area contributed by atoms with E-state index in [0.29, 0.717) is 0 Å². The van der Waals surface area contributed by atoms with Gasteiger partial charge in [-0.2, -0.15) is 0 Å². The van der Waals surface area contributed by atoms with E-state index in [-0.39, 0.29) is 5.41 Å². The molecular formula is C13H22N2S. The second kappa shape index (κ2) is 4.74. The Morgan fingerprint density at radius 1 is 1.12 bits per heavy atom. The molecule has 0 aromatic carbocycles. The first-order chi connectivity index (χ1) is 7.57. The van der Waals surface area contributed by atoms with Crippen molar-refractivity contribution in [2.24, 2.45) is 0 Å². The molecule has 1 aromatic rings. The first-order valence-corrected chi connectivity index (χ1v) is 7.10. The lowest BCUT2D eigenvalue weighted by molar-refractivity contribution is 0.585. The van der Waals surface area contributed by atoms with Crippen molar-refractivity contribution in [2.75, 3.05) is 18.0 Å². The number of rotatable bonds is 1. The second-order valence-electron chi connectivity index (χ2n) is 5.65. The highest BCUT2D eigenvalue weighted by atomic mass is 32.1. The van der Waals surface area contributed by atoms with Gasteiger partial charge in [0.1, 0.15) is 5.00 Å². The van der Waals surface area contributed by atoms with Crippen LogP contribution in [-0.4, -0.2) is 18.1 Å². The highest BCUT2D eigenvalue weighted by Gasteiger charge is 2.20. The lowest BCUT2D eigenvalue weighted by Crippen LogP contribution is -2.22. The maximum absolute atomic E-state index is 4.57. The Hall–Kier alpha value is -0.570. The fraction of sp³-hybridized carbons (Fsp3) is 0.769. The number of thiazole rings is 1. The standard InChI is InChI=1S/C13H22N2S/c1-13(2,3)12-14-10-11(16-12)15-8-6-4-5-7-9-15/h10H,4-9H2,1-3H3. The van der Waals surface area contributed by atoms with E-state index in [0.717, 1.165) is 0 Å². The molecule has 2 nitrogen and oxygen atoms in total. The summed E-state index contributed by atoms with van der Waals surface area (Å²) in [5.74, 6) is 0. The van der Waals surface area contributed by atoms with Crippen LogP contribution in [0.4, 0.5) is 5.00 Å². The molecule has 0 N–H and O–H groups in total. The fourth-order valence-electron chi connectivity index (χ4n) is 2.05. The van der Waals surface area contributed by atoms with Crippen LogP contribution in [0.3, 0.4) is 0 Å². The monoisotopic (exact) mass is 238 g/mol. The molecule has 0 aliphatic carbocycles. The Kier molecular flexibility index (Phi) is 3.53. The smallest absolute Gasteiger partial charge is 0.111 e. The number of hydrogen-bond donors (Lipinski definition) is 0. The van der Waals surface area contributed by atoms with Gasteiger partial charge < -0.3 is 4.90 Å². The quantitative estimate of drug-likeness (QED) is 0.739. The molecule has 2 heterocycles. The summed E-state index contributed by atoms with van der Waals surface area (Å²) < 4.78 is 0. The van der Waals surface area contributed by atoms with Crippen LogP contribution in [0.1, 0.15) is 51.5 Å². The van der Waals surface area contributed by atoms with Gasteiger partial charge in [-0.25, -0.2) is 4.98 Å². The zero-order valence-electron chi connectivity index (χ0n) is 10.6. The number of nitrogens with zero attached hydrogens (tertiary/aromatic N) is 2. The van der Waals surface area contributed by atoms with E-state index in [1.54, 1.807) is 0 Å². The molecule has 90 valence electrons. The third kappa shape index (κ3) is 2.76. The minimum Gasteiger partial charge on any atom is -0.362 e. The molecule has 0 bridgehead atoms.